The Hall–Kier alpha value is -0.870. The van der Waals surface area contributed by atoms with E-state index in [0.29, 0.717) is 13.0 Å². The number of ether oxygens (including phenoxy) is 1. The second-order valence-corrected chi connectivity index (χ2v) is 4.77. The highest BCUT2D eigenvalue weighted by Crippen LogP contribution is 2.23. The van der Waals surface area contributed by atoms with E-state index in [0.717, 1.165) is 11.4 Å². The summed E-state index contributed by atoms with van der Waals surface area (Å²) in [4.78, 5) is 0. The van der Waals surface area contributed by atoms with Crippen LogP contribution in [-0.2, 0) is 18.2 Å². The SMILES string of the molecule is COCC(O)(Cc1cc(C)nn1C)C(C)C. The average molecular weight is 226 g/mol. The van der Waals surface area contributed by atoms with Gasteiger partial charge in [0.2, 0.25) is 0 Å². The monoisotopic (exact) mass is 226 g/mol. The van der Waals surface area contributed by atoms with Crippen LogP contribution in [-0.4, -0.2) is 34.2 Å². The molecule has 0 spiro atoms. The Morgan fingerprint density at radius 1 is 1.56 bits per heavy atom. The Morgan fingerprint density at radius 3 is 2.56 bits per heavy atom. The minimum atomic E-state index is -0.824. The minimum absolute atomic E-state index is 0.141. The van der Waals surface area contributed by atoms with E-state index in [9.17, 15) is 5.11 Å². The molecule has 1 aromatic rings. The van der Waals surface area contributed by atoms with Crippen molar-refractivity contribution in [2.75, 3.05) is 13.7 Å². The van der Waals surface area contributed by atoms with Crippen LogP contribution >= 0.6 is 0 Å². The Bertz CT molecular complexity index is 347. The van der Waals surface area contributed by atoms with Gasteiger partial charge in [-0.3, -0.25) is 4.68 Å². The quantitative estimate of drug-likeness (QED) is 0.823. The van der Waals surface area contributed by atoms with Gasteiger partial charge >= 0.3 is 0 Å². The van der Waals surface area contributed by atoms with E-state index in [-0.39, 0.29) is 5.92 Å². The lowest BCUT2D eigenvalue weighted by Crippen LogP contribution is -2.42. The van der Waals surface area contributed by atoms with Crippen LogP contribution < -0.4 is 0 Å². The second-order valence-electron chi connectivity index (χ2n) is 4.77. The zero-order chi connectivity index (χ0) is 12.3. The molecule has 16 heavy (non-hydrogen) atoms. The van der Waals surface area contributed by atoms with Crippen LogP contribution in [0.2, 0.25) is 0 Å². The number of aryl methyl sites for hydroxylation is 2. The highest BCUT2D eigenvalue weighted by Gasteiger charge is 2.32. The Kier molecular flexibility index (Phi) is 4.10. The predicted octanol–water partition coefficient (Wildman–Crippen LogP) is 1.30. The predicted molar refractivity (Wildman–Crippen MR) is 63.3 cm³/mol. The molecule has 0 aromatic carbocycles. The van der Waals surface area contributed by atoms with Gasteiger partial charge in [0, 0.05) is 26.3 Å². The number of methoxy groups -OCH3 is 1. The van der Waals surface area contributed by atoms with Gasteiger partial charge in [0.05, 0.1) is 17.9 Å². The summed E-state index contributed by atoms with van der Waals surface area (Å²) in [7, 11) is 3.51. The molecule has 0 aliphatic rings. The molecule has 1 N–H and O–H groups in total. The van der Waals surface area contributed by atoms with Gasteiger partial charge in [0.15, 0.2) is 0 Å². The van der Waals surface area contributed by atoms with Gasteiger partial charge in [-0.25, -0.2) is 0 Å². The molecule has 0 saturated carbocycles. The standard InChI is InChI=1S/C12H22N2O2/c1-9(2)12(15,8-16-5)7-11-6-10(3)13-14(11)4/h6,9,15H,7-8H2,1-5H3. The van der Waals surface area contributed by atoms with Gasteiger partial charge in [-0.05, 0) is 18.9 Å². The zero-order valence-electron chi connectivity index (χ0n) is 10.8. The van der Waals surface area contributed by atoms with Gasteiger partial charge in [0.1, 0.15) is 0 Å². The van der Waals surface area contributed by atoms with Crippen LogP contribution in [0.5, 0.6) is 0 Å². The summed E-state index contributed by atoms with van der Waals surface area (Å²) in [5.74, 6) is 0.141. The first kappa shape index (κ1) is 13.2. The maximum Gasteiger partial charge on any atom is 0.0957 e. The van der Waals surface area contributed by atoms with Gasteiger partial charge in [-0.1, -0.05) is 13.8 Å². The van der Waals surface area contributed by atoms with Crippen molar-refractivity contribution in [1.29, 1.82) is 0 Å². The number of hydrogen-bond acceptors (Lipinski definition) is 3. The smallest absolute Gasteiger partial charge is 0.0957 e. The van der Waals surface area contributed by atoms with Crippen LogP contribution in [0.1, 0.15) is 25.2 Å². The number of aliphatic hydroxyl groups is 1. The van der Waals surface area contributed by atoms with Crippen LogP contribution in [0.15, 0.2) is 6.07 Å². The molecular weight excluding hydrogens is 204 g/mol. The molecule has 1 atom stereocenters. The Balaban J connectivity index is 2.87. The first-order valence-electron chi connectivity index (χ1n) is 5.60. The molecule has 0 aliphatic carbocycles. The van der Waals surface area contributed by atoms with Crippen LogP contribution in [0.3, 0.4) is 0 Å². The highest BCUT2D eigenvalue weighted by atomic mass is 16.5. The van der Waals surface area contributed by atoms with E-state index >= 15 is 0 Å². The third-order valence-corrected chi connectivity index (χ3v) is 3.06. The molecule has 0 aliphatic heterocycles. The average Bonchev–Trinajstić information content (AvgIpc) is 2.45. The van der Waals surface area contributed by atoms with Crippen molar-refractivity contribution < 1.29 is 9.84 Å². The third kappa shape index (κ3) is 2.83. The summed E-state index contributed by atoms with van der Waals surface area (Å²) in [5, 5.41) is 14.8. The van der Waals surface area contributed by atoms with Gasteiger partial charge < -0.3 is 9.84 Å². The van der Waals surface area contributed by atoms with Gasteiger partial charge in [0.25, 0.3) is 0 Å². The van der Waals surface area contributed by atoms with Crippen molar-refractivity contribution >= 4 is 0 Å². The lowest BCUT2D eigenvalue weighted by atomic mass is 9.86. The first-order chi connectivity index (χ1) is 7.39. The summed E-state index contributed by atoms with van der Waals surface area (Å²) in [6.07, 6.45) is 0.565. The van der Waals surface area contributed by atoms with E-state index in [4.69, 9.17) is 4.74 Å². The van der Waals surface area contributed by atoms with Crippen molar-refractivity contribution in [1.82, 2.24) is 9.78 Å². The summed E-state index contributed by atoms with van der Waals surface area (Å²) in [6, 6.07) is 2.00. The molecule has 92 valence electrons. The van der Waals surface area contributed by atoms with Crippen LogP contribution in [0.25, 0.3) is 0 Å². The summed E-state index contributed by atoms with van der Waals surface area (Å²) in [5.41, 5.74) is 1.18. The molecule has 0 radical (unpaired) electrons. The molecule has 4 nitrogen and oxygen atoms in total. The zero-order valence-corrected chi connectivity index (χ0v) is 10.8. The molecule has 1 rings (SSSR count). The molecule has 0 fully saturated rings. The van der Waals surface area contributed by atoms with Crippen molar-refractivity contribution in [3.05, 3.63) is 17.5 Å². The third-order valence-electron chi connectivity index (χ3n) is 3.06. The Morgan fingerprint density at radius 2 is 2.19 bits per heavy atom. The summed E-state index contributed by atoms with van der Waals surface area (Å²) >= 11 is 0. The molecule has 1 unspecified atom stereocenters. The second kappa shape index (κ2) is 4.97. The fourth-order valence-corrected chi connectivity index (χ4v) is 1.82. The highest BCUT2D eigenvalue weighted by molar-refractivity contribution is 5.12. The number of nitrogens with zero attached hydrogens (tertiary/aromatic N) is 2. The fourth-order valence-electron chi connectivity index (χ4n) is 1.82. The Labute approximate surface area is 97.2 Å². The summed E-state index contributed by atoms with van der Waals surface area (Å²) < 4.78 is 6.93. The molecule has 0 amide bonds. The fraction of sp³-hybridized carbons (Fsp3) is 0.750. The molecular formula is C12H22N2O2. The molecule has 4 heteroatoms. The van der Waals surface area contributed by atoms with Crippen molar-refractivity contribution in [2.24, 2.45) is 13.0 Å². The maximum atomic E-state index is 10.5. The molecule has 0 saturated heterocycles. The van der Waals surface area contributed by atoms with Crippen molar-refractivity contribution in [2.45, 2.75) is 32.8 Å². The molecule has 1 aromatic heterocycles. The van der Waals surface area contributed by atoms with Crippen molar-refractivity contribution in [3.63, 3.8) is 0 Å². The van der Waals surface area contributed by atoms with E-state index in [1.54, 1.807) is 7.11 Å². The van der Waals surface area contributed by atoms with Crippen LogP contribution in [0.4, 0.5) is 0 Å². The number of aromatic nitrogens is 2. The number of rotatable bonds is 5. The maximum absolute atomic E-state index is 10.5. The van der Waals surface area contributed by atoms with Gasteiger partial charge in [-0.15, -0.1) is 0 Å². The lowest BCUT2D eigenvalue weighted by molar-refractivity contribution is -0.0648. The van der Waals surface area contributed by atoms with E-state index < -0.39 is 5.60 Å². The number of hydrogen-bond donors (Lipinski definition) is 1. The first-order valence-corrected chi connectivity index (χ1v) is 5.60. The topological polar surface area (TPSA) is 47.3 Å². The van der Waals surface area contributed by atoms with Gasteiger partial charge in [-0.2, -0.15) is 5.10 Å². The van der Waals surface area contributed by atoms with Crippen LogP contribution in [0, 0.1) is 12.8 Å². The normalized spacial score (nSPS) is 15.4. The van der Waals surface area contributed by atoms with E-state index in [2.05, 4.69) is 5.10 Å². The largest absolute Gasteiger partial charge is 0.387 e. The lowest BCUT2D eigenvalue weighted by Gasteiger charge is -2.31. The van der Waals surface area contributed by atoms with E-state index in [1.165, 1.54) is 0 Å². The minimum Gasteiger partial charge on any atom is -0.387 e. The molecule has 0 bridgehead atoms. The molecule has 1 heterocycles. The van der Waals surface area contributed by atoms with Crippen molar-refractivity contribution in [3.8, 4) is 0 Å². The summed E-state index contributed by atoms with van der Waals surface area (Å²) in [6.45, 7) is 6.30. The van der Waals surface area contributed by atoms with E-state index in [1.807, 2.05) is 38.6 Å².